The summed E-state index contributed by atoms with van der Waals surface area (Å²) in [5.74, 6) is -0.809. The van der Waals surface area contributed by atoms with Gasteiger partial charge in [0.2, 0.25) is 6.10 Å². The van der Waals surface area contributed by atoms with Gasteiger partial charge in [-0.1, -0.05) is 78.5 Å². The molecular weight excluding hydrogens is 480 g/mol. The number of esters is 1. The van der Waals surface area contributed by atoms with Crippen LogP contribution in [0.3, 0.4) is 0 Å². The molecule has 1 N–H and O–H groups in total. The Kier molecular flexibility index (Phi) is 7.28. The van der Waals surface area contributed by atoms with E-state index in [-0.39, 0.29) is 12.3 Å². The van der Waals surface area contributed by atoms with Crippen molar-refractivity contribution in [1.82, 2.24) is 0 Å². The van der Waals surface area contributed by atoms with E-state index >= 15 is 0 Å². The van der Waals surface area contributed by atoms with E-state index in [0.29, 0.717) is 17.8 Å². The van der Waals surface area contributed by atoms with Gasteiger partial charge in [0.1, 0.15) is 0 Å². The molecule has 186 valence electrons. The van der Waals surface area contributed by atoms with Gasteiger partial charge >= 0.3 is 5.97 Å². The number of nitrogens with zero attached hydrogens (tertiary/aromatic N) is 1. The van der Waals surface area contributed by atoms with Gasteiger partial charge in [0.05, 0.1) is 17.8 Å². The third kappa shape index (κ3) is 5.54. The van der Waals surface area contributed by atoms with Gasteiger partial charge in [0.25, 0.3) is 5.91 Å². The first kappa shape index (κ1) is 24.7. The van der Waals surface area contributed by atoms with Crippen molar-refractivity contribution in [3.05, 3.63) is 114 Å². The summed E-state index contributed by atoms with van der Waals surface area (Å²) in [5, 5.41) is 2.96. The Morgan fingerprint density at radius 2 is 1.46 bits per heavy atom. The first-order chi connectivity index (χ1) is 18.0. The smallest absolute Gasteiger partial charge is 0.308 e. The number of nitrogens with one attached hydrogen (secondary N) is 1. The van der Waals surface area contributed by atoms with Gasteiger partial charge in [-0.2, -0.15) is 0 Å². The summed E-state index contributed by atoms with van der Waals surface area (Å²) >= 11 is 1.72. The minimum Gasteiger partial charge on any atom is -0.447 e. The fourth-order valence-electron chi connectivity index (χ4n) is 4.39. The number of carbonyl (C=O) groups excluding carboxylic acids is 2. The zero-order valence-electron chi connectivity index (χ0n) is 20.8. The zero-order chi connectivity index (χ0) is 25.8. The molecule has 5 rings (SSSR count). The first-order valence-corrected chi connectivity index (χ1v) is 13.1. The number of carbonyl (C=O) groups is 2. The number of rotatable bonds is 7. The highest BCUT2D eigenvalue weighted by molar-refractivity contribution is 7.99. The van der Waals surface area contributed by atoms with E-state index in [9.17, 15) is 9.59 Å². The number of hydrogen-bond donors (Lipinski definition) is 1. The molecule has 1 atom stereocenters. The summed E-state index contributed by atoms with van der Waals surface area (Å²) < 4.78 is 5.82. The highest BCUT2D eigenvalue weighted by atomic mass is 32.2. The van der Waals surface area contributed by atoms with Crippen molar-refractivity contribution in [2.45, 2.75) is 36.2 Å². The third-order valence-electron chi connectivity index (χ3n) is 6.31. The fourth-order valence-corrected chi connectivity index (χ4v) is 5.48. The van der Waals surface area contributed by atoms with Crippen LogP contribution >= 0.6 is 11.8 Å². The van der Waals surface area contributed by atoms with E-state index in [1.807, 2.05) is 74.5 Å². The van der Waals surface area contributed by atoms with Crippen molar-refractivity contribution in [2.75, 3.05) is 16.8 Å². The summed E-state index contributed by atoms with van der Waals surface area (Å²) in [4.78, 5) is 30.9. The van der Waals surface area contributed by atoms with Gasteiger partial charge in [0, 0.05) is 27.6 Å². The van der Waals surface area contributed by atoms with Crippen LogP contribution in [0.2, 0.25) is 0 Å². The number of para-hydroxylation sites is 2. The van der Waals surface area contributed by atoms with Crippen molar-refractivity contribution < 1.29 is 14.3 Å². The summed E-state index contributed by atoms with van der Waals surface area (Å²) in [6, 6.07) is 31.4. The normalized spacial score (nSPS) is 12.8. The average Bonchev–Trinajstić information content (AvgIpc) is 2.92. The lowest BCUT2D eigenvalue weighted by atomic mass is 10.1. The maximum atomic E-state index is 13.3. The molecule has 0 aromatic heterocycles. The highest BCUT2D eigenvalue weighted by Crippen LogP contribution is 2.47. The van der Waals surface area contributed by atoms with Gasteiger partial charge in [0.15, 0.2) is 0 Å². The number of ether oxygens (including phenoxy) is 1. The highest BCUT2D eigenvalue weighted by Gasteiger charge is 2.27. The van der Waals surface area contributed by atoms with E-state index in [4.69, 9.17) is 4.74 Å². The average molecular weight is 509 g/mol. The van der Waals surface area contributed by atoms with Gasteiger partial charge in [-0.15, -0.1) is 0 Å². The van der Waals surface area contributed by atoms with Crippen LogP contribution in [-0.2, 0) is 14.3 Å². The zero-order valence-corrected chi connectivity index (χ0v) is 21.6. The Morgan fingerprint density at radius 1 is 0.838 bits per heavy atom. The number of benzene rings is 4. The summed E-state index contributed by atoms with van der Waals surface area (Å²) in [6.45, 7) is 4.35. The SMILES string of the molecule is Cc1ccc(C)c(NC(=O)C(OC(=O)CCN2c3ccccc3Sc3ccccc32)c2ccccc2)c1. The molecule has 4 aromatic rings. The van der Waals surface area contributed by atoms with E-state index in [2.05, 4.69) is 34.5 Å². The monoisotopic (exact) mass is 508 g/mol. The van der Waals surface area contributed by atoms with E-state index in [1.54, 1.807) is 23.9 Å². The Morgan fingerprint density at radius 3 is 2.14 bits per heavy atom. The number of hydrogen-bond acceptors (Lipinski definition) is 5. The summed E-state index contributed by atoms with van der Waals surface area (Å²) in [7, 11) is 0. The van der Waals surface area contributed by atoms with Crippen LogP contribution < -0.4 is 10.2 Å². The Hall–Kier alpha value is -4.03. The standard InChI is InChI=1S/C31H28N2O3S/c1-21-16-17-22(2)24(20-21)32-31(35)30(23-10-4-3-5-11-23)36-29(34)18-19-33-25-12-6-8-14-27(25)37-28-15-9-7-13-26(28)33/h3-17,20,30H,18-19H2,1-2H3,(H,32,35). The number of amides is 1. The minimum absolute atomic E-state index is 0.132. The summed E-state index contributed by atoms with van der Waals surface area (Å²) in [6.07, 6.45) is -0.918. The quantitative estimate of drug-likeness (QED) is 0.267. The molecule has 0 radical (unpaired) electrons. The summed E-state index contributed by atoms with van der Waals surface area (Å²) in [5.41, 5.74) is 5.44. The molecule has 1 heterocycles. The molecule has 1 unspecified atom stereocenters. The van der Waals surface area contributed by atoms with Crippen molar-refractivity contribution in [2.24, 2.45) is 0 Å². The molecule has 37 heavy (non-hydrogen) atoms. The fraction of sp³-hybridized carbons (Fsp3) is 0.161. The van der Waals surface area contributed by atoms with Crippen LogP contribution in [0.4, 0.5) is 17.1 Å². The minimum atomic E-state index is -1.05. The molecule has 0 saturated carbocycles. The Bertz CT molecular complexity index is 1390. The molecule has 0 saturated heterocycles. The Balaban J connectivity index is 1.34. The second-order valence-corrected chi connectivity index (χ2v) is 10.1. The van der Waals surface area contributed by atoms with Crippen LogP contribution in [0.1, 0.15) is 29.2 Å². The molecule has 0 bridgehead atoms. The first-order valence-electron chi connectivity index (χ1n) is 12.3. The van der Waals surface area contributed by atoms with Crippen LogP contribution in [0.5, 0.6) is 0 Å². The number of aryl methyl sites for hydroxylation is 2. The van der Waals surface area contributed by atoms with Crippen LogP contribution in [0.25, 0.3) is 0 Å². The molecule has 1 amide bonds. The second kappa shape index (κ2) is 10.9. The third-order valence-corrected chi connectivity index (χ3v) is 7.44. The molecule has 0 spiro atoms. The van der Waals surface area contributed by atoms with Crippen LogP contribution in [0, 0.1) is 13.8 Å². The molecule has 0 fully saturated rings. The second-order valence-electron chi connectivity index (χ2n) is 9.03. The van der Waals surface area contributed by atoms with E-state index in [1.165, 1.54) is 0 Å². The van der Waals surface area contributed by atoms with Gasteiger partial charge in [-0.25, -0.2) is 0 Å². The maximum absolute atomic E-state index is 13.3. The van der Waals surface area contributed by atoms with Gasteiger partial charge in [-0.05, 0) is 55.3 Å². The van der Waals surface area contributed by atoms with E-state index < -0.39 is 12.1 Å². The molecule has 5 nitrogen and oxygen atoms in total. The Labute approximate surface area is 221 Å². The van der Waals surface area contributed by atoms with Crippen molar-refractivity contribution in [1.29, 1.82) is 0 Å². The van der Waals surface area contributed by atoms with E-state index in [0.717, 1.165) is 32.3 Å². The largest absolute Gasteiger partial charge is 0.447 e. The molecule has 0 aliphatic carbocycles. The van der Waals surface area contributed by atoms with Crippen LogP contribution in [-0.4, -0.2) is 18.4 Å². The number of fused-ring (bicyclic) bond motifs is 2. The lowest BCUT2D eigenvalue weighted by molar-refractivity contribution is -0.154. The predicted octanol–water partition coefficient (Wildman–Crippen LogP) is 7.22. The van der Waals surface area contributed by atoms with Crippen molar-refractivity contribution >= 4 is 40.7 Å². The van der Waals surface area contributed by atoms with Gasteiger partial charge < -0.3 is 15.0 Å². The molecule has 6 heteroatoms. The van der Waals surface area contributed by atoms with Gasteiger partial charge in [-0.3, -0.25) is 9.59 Å². The molecule has 4 aromatic carbocycles. The molecular formula is C31H28N2O3S. The van der Waals surface area contributed by atoms with Crippen molar-refractivity contribution in [3.63, 3.8) is 0 Å². The maximum Gasteiger partial charge on any atom is 0.308 e. The molecule has 1 aliphatic heterocycles. The van der Waals surface area contributed by atoms with Crippen molar-refractivity contribution in [3.8, 4) is 0 Å². The number of anilines is 3. The lowest BCUT2D eigenvalue weighted by Gasteiger charge is -2.32. The van der Waals surface area contributed by atoms with Crippen LogP contribution in [0.15, 0.2) is 107 Å². The predicted molar refractivity (Wildman–Crippen MR) is 148 cm³/mol. The topological polar surface area (TPSA) is 58.6 Å². The molecule has 1 aliphatic rings. The lowest BCUT2D eigenvalue weighted by Crippen LogP contribution is -2.28.